The Morgan fingerprint density at radius 1 is 1.43 bits per heavy atom. The predicted molar refractivity (Wildman–Crippen MR) is 81.8 cm³/mol. The first kappa shape index (κ1) is 17.9. The Labute approximate surface area is 127 Å². The number of carbonyl (C=O) groups excluding carboxylic acids is 2. The largest absolute Gasteiger partial charge is 0.392 e. The third kappa shape index (κ3) is 6.01. The maximum absolute atomic E-state index is 12.3. The van der Waals surface area contributed by atoms with Gasteiger partial charge in [0.1, 0.15) is 0 Å². The van der Waals surface area contributed by atoms with Crippen molar-refractivity contribution in [3.63, 3.8) is 0 Å². The SMILES string of the molecule is CCN(CC(=O)NC(C)C)C(=O)CN1CCC(C)C(O)C1. The summed E-state index contributed by atoms with van der Waals surface area (Å²) in [4.78, 5) is 27.6. The van der Waals surface area contributed by atoms with Gasteiger partial charge in [-0.2, -0.15) is 0 Å². The molecular formula is C15H29N3O3. The van der Waals surface area contributed by atoms with Gasteiger partial charge in [0, 0.05) is 19.1 Å². The Morgan fingerprint density at radius 2 is 2.10 bits per heavy atom. The summed E-state index contributed by atoms with van der Waals surface area (Å²) < 4.78 is 0. The highest BCUT2D eigenvalue weighted by atomic mass is 16.3. The molecule has 2 N–H and O–H groups in total. The Balaban J connectivity index is 2.46. The maximum Gasteiger partial charge on any atom is 0.239 e. The van der Waals surface area contributed by atoms with E-state index in [1.807, 2.05) is 32.6 Å². The Bertz CT molecular complexity index is 360. The van der Waals surface area contributed by atoms with E-state index in [-0.39, 0.29) is 43.0 Å². The molecule has 0 spiro atoms. The van der Waals surface area contributed by atoms with Gasteiger partial charge in [-0.25, -0.2) is 0 Å². The molecule has 6 nitrogen and oxygen atoms in total. The minimum atomic E-state index is -0.370. The van der Waals surface area contributed by atoms with Crippen LogP contribution in [-0.4, -0.2) is 71.6 Å². The van der Waals surface area contributed by atoms with E-state index < -0.39 is 0 Å². The van der Waals surface area contributed by atoms with Crippen LogP contribution in [0.2, 0.25) is 0 Å². The Kier molecular flexibility index (Phi) is 7.11. The van der Waals surface area contributed by atoms with Gasteiger partial charge in [0.25, 0.3) is 0 Å². The molecule has 1 heterocycles. The molecule has 2 amide bonds. The van der Waals surface area contributed by atoms with Gasteiger partial charge >= 0.3 is 0 Å². The summed E-state index contributed by atoms with van der Waals surface area (Å²) in [6.07, 6.45) is 0.528. The fraction of sp³-hybridized carbons (Fsp3) is 0.867. The molecule has 1 saturated heterocycles. The van der Waals surface area contributed by atoms with E-state index >= 15 is 0 Å². The molecule has 1 rings (SSSR count). The average molecular weight is 299 g/mol. The number of likely N-dealkylation sites (tertiary alicyclic amines) is 1. The summed E-state index contributed by atoms with van der Waals surface area (Å²) in [7, 11) is 0. The number of carbonyl (C=O) groups is 2. The van der Waals surface area contributed by atoms with Crippen LogP contribution in [-0.2, 0) is 9.59 Å². The van der Waals surface area contributed by atoms with Crippen LogP contribution in [0.4, 0.5) is 0 Å². The Morgan fingerprint density at radius 3 is 2.62 bits per heavy atom. The number of rotatable bonds is 6. The lowest BCUT2D eigenvalue weighted by Gasteiger charge is -2.34. The van der Waals surface area contributed by atoms with Gasteiger partial charge in [0.2, 0.25) is 11.8 Å². The van der Waals surface area contributed by atoms with Crippen LogP contribution < -0.4 is 5.32 Å². The van der Waals surface area contributed by atoms with E-state index in [0.29, 0.717) is 13.1 Å². The van der Waals surface area contributed by atoms with Gasteiger partial charge < -0.3 is 15.3 Å². The lowest BCUT2D eigenvalue weighted by Crippen LogP contribution is -2.50. The van der Waals surface area contributed by atoms with Gasteiger partial charge in [-0.05, 0) is 39.7 Å². The van der Waals surface area contributed by atoms with Crippen molar-refractivity contribution in [1.82, 2.24) is 15.1 Å². The van der Waals surface area contributed by atoms with E-state index in [0.717, 1.165) is 13.0 Å². The topological polar surface area (TPSA) is 72.9 Å². The van der Waals surface area contributed by atoms with Crippen molar-refractivity contribution in [3.05, 3.63) is 0 Å². The second-order valence-corrected chi connectivity index (χ2v) is 6.20. The first-order valence-electron chi connectivity index (χ1n) is 7.81. The van der Waals surface area contributed by atoms with Gasteiger partial charge in [0.15, 0.2) is 0 Å². The quantitative estimate of drug-likeness (QED) is 0.727. The van der Waals surface area contributed by atoms with Crippen molar-refractivity contribution in [3.8, 4) is 0 Å². The van der Waals surface area contributed by atoms with Gasteiger partial charge in [0.05, 0.1) is 19.2 Å². The van der Waals surface area contributed by atoms with Crippen molar-refractivity contribution < 1.29 is 14.7 Å². The summed E-state index contributed by atoms with van der Waals surface area (Å²) >= 11 is 0. The number of nitrogens with zero attached hydrogens (tertiary/aromatic N) is 2. The zero-order chi connectivity index (χ0) is 16.0. The van der Waals surface area contributed by atoms with E-state index in [2.05, 4.69) is 5.32 Å². The van der Waals surface area contributed by atoms with Crippen molar-refractivity contribution in [1.29, 1.82) is 0 Å². The molecule has 0 aromatic rings. The van der Waals surface area contributed by atoms with Gasteiger partial charge in [-0.3, -0.25) is 14.5 Å². The monoisotopic (exact) mass is 299 g/mol. The maximum atomic E-state index is 12.3. The van der Waals surface area contributed by atoms with Gasteiger partial charge in [-0.1, -0.05) is 6.92 Å². The highest BCUT2D eigenvalue weighted by molar-refractivity contribution is 5.85. The summed E-state index contributed by atoms with van der Waals surface area (Å²) in [6.45, 7) is 9.91. The molecule has 1 aliphatic heterocycles. The number of nitrogens with one attached hydrogen (secondary N) is 1. The van der Waals surface area contributed by atoms with Crippen LogP contribution in [0.3, 0.4) is 0 Å². The predicted octanol–water partition coefficient (Wildman–Crippen LogP) is 0.0622. The molecule has 0 saturated carbocycles. The van der Waals surface area contributed by atoms with Crippen LogP contribution in [0.15, 0.2) is 0 Å². The van der Waals surface area contributed by atoms with Crippen LogP contribution in [0, 0.1) is 5.92 Å². The minimum Gasteiger partial charge on any atom is -0.392 e. The number of piperidine rings is 1. The second-order valence-electron chi connectivity index (χ2n) is 6.20. The number of amides is 2. The van der Waals surface area contributed by atoms with Gasteiger partial charge in [-0.15, -0.1) is 0 Å². The van der Waals surface area contributed by atoms with E-state index in [1.54, 1.807) is 4.90 Å². The highest BCUT2D eigenvalue weighted by Gasteiger charge is 2.27. The zero-order valence-corrected chi connectivity index (χ0v) is 13.6. The fourth-order valence-corrected chi connectivity index (χ4v) is 2.47. The third-order valence-electron chi connectivity index (χ3n) is 3.88. The summed E-state index contributed by atoms with van der Waals surface area (Å²) in [5.74, 6) is 0.0983. The molecule has 0 aromatic heterocycles. The first-order chi connectivity index (χ1) is 9.83. The number of aliphatic hydroxyl groups is 1. The summed E-state index contributed by atoms with van der Waals surface area (Å²) in [5.41, 5.74) is 0. The molecule has 0 radical (unpaired) electrons. The number of aliphatic hydroxyl groups excluding tert-OH is 1. The second kappa shape index (κ2) is 8.34. The molecule has 0 aliphatic carbocycles. The molecule has 0 bridgehead atoms. The fourth-order valence-electron chi connectivity index (χ4n) is 2.47. The molecule has 0 aromatic carbocycles. The van der Waals surface area contributed by atoms with Crippen molar-refractivity contribution in [2.75, 3.05) is 32.7 Å². The number of hydrogen-bond acceptors (Lipinski definition) is 4. The molecule has 2 unspecified atom stereocenters. The smallest absolute Gasteiger partial charge is 0.239 e. The third-order valence-corrected chi connectivity index (χ3v) is 3.88. The van der Waals surface area contributed by atoms with E-state index in [4.69, 9.17) is 0 Å². The van der Waals surface area contributed by atoms with E-state index in [9.17, 15) is 14.7 Å². The lowest BCUT2D eigenvalue weighted by molar-refractivity contribution is -0.137. The zero-order valence-electron chi connectivity index (χ0n) is 13.6. The van der Waals surface area contributed by atoms with Crippen LogP contribution in [0.5, 0.6) is 0 Å². The first-order valence-corrected chi connectivity index (χ1v) is 7.81. The molecule has 21 heavy (non-hydrogen) atoms. The minimum absolute atomic E-state index is 0.0573. The highest BCUT2D eigenvalue weighted by Crippen LogP contribution is 2.16. The summed E-state index contributed by atoms with van der Waals surface area (Å²) in [5, 5.41) is 12.7. The van der Waals surface area contributed by atoms with Crippen LogP contribution >= 0.6 is 0 Å². The standard InChI is InChI=1S/C15H29N3O3/c1-5-18(9-14(20)16-11(2)3)15(21)10-17-7-6-12(4)13(19)8-17/h11-13,19H,5-10H2,1-4H3,(H,16,20). The molecular weight excluding hydrogens is 270 g/mol. The Hall–Kier alpha value is -1.14. The van der Waals surface area contributed by atoms with Crippen LogP contribution in [0.1, 0.15) is 34.1 Å². The van der Waals surface area contributed by atoms with E-state index in [1.165, 1.54) is 0 Å². The molecule has 2 atom stereocenters. The number of hydrogen-bond donors (Lipinski definition) is 2. The van der Waals surface area contributed by atoms with Crippen molar-refractivity contribution in [2.24, 2.45) is 5.92 Å². The normalized spacial score (nSPS) is 23.1. The molecule has 1 fully saturated rings. The number of likely N-dealkylation sites (N-methyl/N-ethyl adjacent to an activating group) is 1. The number of β-amino-alcohol motifs (C(OH)–C–C–N with tert-alkyl or cyclic N) is 1. The van der Waals surface area contributed by atoms with Crippen molar-refractivity contribution in [2.45, 2.75) is 46.3 Å². The molecule has 122 valence electrons. The summed E-state index contributed by atoms with van der Waals surface area (Å²) in [6, 6.07) is 0.0741. The average Bonchev–Trinajstić information content (AvgIpc) is 2.39. The van der Waals surface area contributed by atoms with Crippen molar-refractivity contribution >= 4 is 11.8 Å². The lowest BCUT2D eigenvalue weighted by atomic mass is 9.96. The molecule has 6 heteroatoms. The molecule has 1 aliphatic rings. The van der Waals surface area contributed by atoms with Crippen LogP contribution in [0.25, 0.3) is 0 Å².